The minimum absolute atomic E-state index is 0.0779. The molecule has 0 spiro atoms. The number of rotatable bonds is 3. The number of nitro benzene ring substituents is 1. The molecule has 0 heterocycles. The minimum atomic E-state index is -0.725. The zero-order valence-electron chi connectivity index (χ0n) is 12.6. The number of nitro groups is 1. The zero-order chi connectivity index (χ0) is 16.4. The molecule has 8 heteroatoms. The molecule has 1 amide bonds. The second kappa shape index (κ2) is 6.46. The smallest absolute Gasteiger partial charge is 0.403 e. The third kappa shape index (κ3) is 5.03. The molecule has 0 fully saturated rings. The molecule has 0 atom stereocenters. The van der Waals surface area contributed by atoms with Crippen LogP contribution in [0.2, 0.25) is 0 Å². The van der Waals surface area contributed by atoms with Crippen LogP contribution in [0.15, 0.2) is 12.1 Å². The summed E-state index contributed by atoms with van der Waals surface area (Å²) in [7, 11) is 3.62. The summed E-state index contributed by atoms with van der Waals surface area (Å²) < 4.78 is 5.81. The third-order valence-electron chi connectivity index (χ3n) is 2.39. The van der Waals surface area contributed by atoms with Gasteiger partial charge in [0.05, 0.1) is 10.6 Å². The lowest BCUT2D eigenvalue weighted by atomic mass is 10.1. The van der Waals surface area contributed by atoms with Gasteiger partial charge in [-0.05, 0) is 43.4 Å². The molecule has 116 valence electrons. The number of nitrogens with one attached hydrogen (secondary N) is 1. The second-order valence-electron chi connectivity index (χ2n) is 5.69. The fourth-order valence-corrected chi connectivity index (χ4v) is 2.46. The molecule has 0 radical (unpaired) electrons. The Balaban J connectivity index is 3.17. The Kier molecular flexibility index (Phi) is 5.37. The summed E-state index contributed by atoms with van der Waals surface area (Å²) in [5, 5.41) is 13.7. The molecule has 0 unspecified atom stereocenters. The Morgan fingerprint density at radius 1 is 1.38 bits per heavy atom. The fraction of sp³-hybridized carbons (Fsp3) is 0.462. The van der Waals surface area contributed by atoms with E-state index < -0.39 is 16.6 Å². The fourth-order valence-electron chi connectivity index (χ4n) is 1.53. The molecule has 1 aromatic rings. The number of nitrogens with zero attached hydrogens (tertiary/aromatic N) is 2. The highest BCUT2D eigenvalue weighted by molar-refractivity contribution is 14.1. The van der Waals surface area contributed by atoms with Crippen LogP contribution in [-0.2, 0) is 0 Å². The number of carbonyl (C=O) groups excluding carboxylic acids is 1. The number of anilines is 1. The van der Waals surface area contributed by atoms with Crippen LogP contribution in [0.5, 0.6) is 5.75 Å². The van der Waals surface area contributed by atoms with Crippen molar-refractivity contribution < 1.29 is 14.5 Å². The Morgan fingerprint density at radius 3 is 2.38 bits per heavy atom. The summed E-state index contributed by atoms with van der Waals surface area (Å²) in [6.07, 6.45) is -0.725. The maximum atomic E-state index is 11.8. The van der Waals surface area contributed by atoms with Crippen molar-refractivity contribution in [2.45, 2.75) is 26.3 Å². The monoisotopic (exact) mass is 407 g/mol. The largest absolute Gasteiger partial charge is 0.413 e. The highest BCUT2D eigenvalue weighted by Crippen LogP contribution is 2.35. The van der Waals surface area contributed by atoms with Crippen LogP contribution in [0.1, 0.15) is 20.8 Å². The molecule has 21 heavy (non-hydrogen) atoms. The molecule has 0 saturated carbocycles. The van der Waals surface area contributed by atoms with Gasteiger partial charge in [-0.2, -0.15) is 0 Å². The van der Waals surface area contributed by atoms with Gasteiger partial charge in [-0.3, -0.25) is 10.1 Å². The van der Waals surface area contributed by atoms with Crippen molar-refractivity contribution in [2.75, 3.05) is 19.0 Å². The average Bonchev–Trinajstić information content (AvgIpc) is 2.27. The van der Waals surface area contributed by atoms with E-state index >= 15 is 0 Å². The van der Waals surface area contributed by atoms with Gasteiger partial charge in [0.25, 0.3) is 0 Å². The Bertz CT molecular complexity index is 567. The van der Waals surface area contributed by atoms with Gasteiger partial charge < -0.3 is 15.0 Å². The Morgan fingerprint density at radius 2 is 1.95 bits per heavy atom. The highest BCUT2D eigenvalue weighted by atomic mass is 127. The van der Waals surface area contributed by atoms with Gasteiger partial charge in [0.15, 0.2) is 0 Å². The first-order valence-corrected chi connectivity index (χ1v) is 7.24. The van der Waals surface area contributed by atoms with E-state index in [4.69, 9.17) is 4.74 Å². The van der Waals surface area contributed by atoms with E-state index in [0.717, 1.165) is 5.69 Å². The van der Waals surface area contributed by atoms with Gasteiger partial charge in [-0.15, -0.1) is 0 Å². The minimum Gasteiger partial charge on any atom is -0.403 e. The number of halogens is 1. The molecule has 0 aliphatic carbocycles. The van der Waals surface area contributed by atoms with Gasteiger partial charge >= 0.3 is 11.8 Å². The third-order valence-corrected chi connectivity index (χ3v) is 3.25. The summed E-state index contributed by atoms with van der Waals surface area (Å²) in [5.74, 6) is -0.0779. The average molecular weight is 407 g/mol. The number of ether oxygens (including phenoxy) is 1. The number of carbonyl (C=O) groups is 1. The van der Waals surface area contributed by atoms with Gasteiger partial charge in [0.1, 0.15) is 0 Å². The molecular formula is C13H18IN3O4. The summed E-state index contributed by atoms with van der Waals surface area (Å²) in [5.41, 5.74) is 0.00761. The Hall–Kier alpha value is -1.58. The normalized spacial score (nSPS) is 11.0. The van der Waals surface area contributed by atoms with E-state index in [1.165, 1.54) is 12.1 Å². The molecule has 1 N–H and O–H groups in total. The predicted molar refractivity (Wildman–Crippen MR) is 89.1 cm³/mol. The molecule has 0 aromatic heterocycles. The van der Waals surface area contributed by atoms with Crippen LogP contribution in [0.3, 0.4) is 0 Å². The predicted octanol–water partition coefficient (Wildman–Crippen LogP) is 3.15. The first-order chi connectivity index (χ1) is 9.51. The van der Waals surface area contributed by atoms with Crippen molar-refractivity contribution in [3.8, 4) is 5.75 Å². The lowest BCUT2D eigenvalue weighted by Crippen LogP contribution is -2.42. The number of amides is 1. The van der Waals surface area contributed by atoms with E-state index in [2.05, 4.69) is 5.32 Å². The lowest BCUT2D eigenvalue weighted by Gasteiger charge is -2.20. The maximum Gasteiger partial charge on any atom is 0.413 e. The van der Waals surface area contributed by atoms with Crippen LogP contribution in [0.4, 0.5) is 16.2 Å². The molecule has 0 saturated heterocycles. The van der Waals surface area contributed by atoms with Crippen LogP contribution < -0.4 is 15.0 Å². The highest BCUT2D eigenvalue weighted by Gasteiger charge is 2.23. The molecule has 0 aliphatic rings. The van der Waals surface area contributed by atoms with E-state index in [9.17, 15) is 14.9 Å². The van der Waals surface area contributed by atoms with Crippen LogP contribution in [-0.4, -0.2) is 30.7 Å². The zero-order valence-corrected chi connectivity index (χ0v) is 14.7. The van der Waals surface area contributed by atoms with Crippen molar-refractivity contribution in [2.24, 2.45) is 0 Å². The number of hydrogen-bond donors (Lipinski definition) is 1. The van der Waals surface area contributed by atoms with Gasteiger partial charge in [-0.1, -0.05) is 0 Å². The molecular weight excluding hydrogens is 389 g/mol. The summed E-state index contributed by atoms with van der Waals surface area (Å²) in [4.78, 5) is 24.1. The quantitative estimate of drug-likeness (QED) is 0.473. The van der Waals surface area contributed by atoms with E-state index in [1.807, 2.05) is 36.7 Å². The van der Waals surface area contributed by atoms with E-state index in [-0.39, 0.29) is 11.4 Å². The Labute approximate surface area is 136 Å². The van der Waals surface area contributed by atoms with Crippen molar-refractivity contribution in [1.82, 2.24) is 5.32 Å². The summed E-state index contributed by atoms with van der Waals surface area (Å²) in [6, 6.07) is 2.87. The summed E-state index contributed by atoms with van der Waals surface area (Å²) >= 11 is 2.00. The van der Waals surface area contributed by atoms with Gasteiger partial charge in [0, 0.05) is 35.3 Å². The first-order valence-electron chi connectivity index (χ1n) is 6.16. The molecule has 1 aromatic carbocycles. The van der Waals surface area contributed by atoms with Crippen molar-refractivity contribution in [1.29, 1.82) is 0 Å². The molecule has 1 rings (SSSR count). The number of benzene rings is 1. The standard InChI is InChI=1S/C13H18IN3O4/c1-13(2,3)15-12(18)21-11-7-9(16(4)5)8(14)6-10(11)17(19)20/h6-7H,1-5H3,(H,15,18). The van der Waals surface area contributed by atoms with Crippen molar-refractivity contribution in [3.63, 3.8) is 0 Å². The maximum absolute atomic E-state index is 11.8. The SMILES string of the molecule is CN(C)c1cc(OC(=O)NC(C)(C)C)c([N+](=O)[O-])cc1I. The van der Waals surface area contributed by atoms with E-state index in [1.54, 1.807) is 25.7 Å². The molecule has 0 bridgehead atoms. The molecule has 7 nitrogen and oxygen atoms in total. The van der Waals surface area contributed by atoms with Crippen LogP contribution in [0, 0.1) is 13.7 Å². The van der Waals surface area contributed by atoms with Crippen molar-refractivity contribution in [3.05, 3.63) is 25.8 Å². The topological polar surface area (TPSA) is 84.7 Å². The van der Waals surface area contributed by atoms with Gasteiger partial charge in [-0.25, -0.2) is 4.79 Å². The van der Waals surface area contributed by atoms with Crippen molar-refractivity contribution >= 4 is 40.1 Å². The van der Waals surface area contributed by atoms with Crippen LogP contribution in [0.25, 0.3) is 0 Å². The molecule has 0 aliphatic heterocycles. The first kappa shape index (κ1) is 17.5. The van der Waals surface area contributed by atoms with Crippen LogP contribution >= 0.6 is 22.6 Å². The lowest BCUT2D eigenvalue weighted by molar-refractivity contribution is -0.385. The second-order valence-corrected chi connectivity index (χ2v) is 6.85. The summed E-state index contributed by atoms with van der Waals surface area (Å²) in [6.45, 7) is 5.38. The van der Waals surface area contributed by atoms with E-state index in [0.29, 0.717) is 3.57 Å². The number of hydrogen-bond acceptors (Lipinski definition) is 5. The van der Waals surface area contributed by atoms with Gasteiger partial charge in [0.2, 0.25) is 5.75 Å².